The fourth-order valence-electron chi connectivity index (χ4n) is 5.62. The van der Waals surface area contributed by atoms with Gasteiger partial charge in [0.15, 0.2) is 0 Å². The van der Waals surface area contributed by atoms with Crippen LogP contribution in [0.1, 0.15) is 20.3 Å². The molecule has 1 aromatic carbocycles. The van der Waals surface area contributed by atoms with Crippen LogP contribution in [0.4, 0.5) is 30.5 Å². The van der Waals surface area contributed by atoms with Gasteiger partial charge in [0.25, 0.3) is 0 Å². The largest absolute Gasteiger partial charge is 0.375 e. The summed E-state index contributed by atoms with van der Waals surface area (Å²) in [4.78, 5) is 40.2. The number of nitrogens with zero attached hydrogens (tertiary/aromatic N) is 5. The van der Waals surface area contributed by atoms with Gasteiger partial charge in [-0.15, -0.1) is 0 Å². The highest BCUT2D eigenvalue weighted by atomic mass is 19.3. The van der Waals surface area contributed by atoms with Crippen molar-refractivity contribution in [1.29, 1.82) is 0 Å². The van der Waals surface area contributed by atoms with Crippen LogP contribution in [-0.4, -0.2) is 98.2 Å². The van der Waals surface area contributed by atoms with Crippen LogP contribution in [0.3, 0.4) is 0 Å². The van der Waals surface area contributed by atoms with Crippen molar-refractivity contribution in [3.05, 3.63) is 30.3 Å². The van der Waals surface area contributed by atoms with Crippen LogP contribution in [0, 0.1) is 17.7 Å². The highest BCUT2D eigenvalue weighted by Gasteiger charge is 2.40. The molecule has 0 bridgehead atoms. The molecule has 3 fully saturated rings. The molecule has 5 rings (SSSR count). The van der Waals surface area contributed by atoms with Crippen molar-refractivity contribution < 1.29 is 27.5 Å². The van der Waals surface area contributed by atoms with Gasteiger partial charge in [0.2, 0.25) is 24.2 Å². The quantitative estimate of drug-likeness (QED) is 0.542. The van der Waals surface area contributed by atoms with Crippen LogP contribution in [-0.2, 0) is 14.3 Å². The molecule has 0 aliphatic carbocycles. The number of hydrogen-bond donors (Lipinski definition) is 2. The third-order valence-electron chi connectivity index (χ3n) is 8.23. The molecule has 2 aromatic rings. The number of alkyl halides is 2. The number of nitrogens with one attached hydrogen (secondary N) is 2. The molecule has 41 heavy (non-hydrogen) atoms. The predicted octanol–water partition coefficient (Wildman–Crippen LogP) is 2.60. The van der Waals surface area contributed by atoms with Gasteiger partial charge in [-0.25, -0.2) is 23.1 Å². The second-order valence-corrected chi connectivity index (χ2v) is 11.1. The number of hydrogen-bond acceptors (Lipinski definition) is 8. The van der Waals surface area contributed by atoms with Gasteiger partial charge in [0.1, 0.15) is 5.82 Å². The number of rotatable bonds is 6. The van der Waals surface area contributed by atoms with Crippen molar-refractivity contribution in [2.45, 2.75) is 38.8 Å². The number of piperazine rings is 1. The molecular formula is C28H36F3N7O3. The molecule has 2 unspecified atom stereocenters. The smallest absolute Gasteiger partial charge is 0.242 e. The summed E-state index contributed by atoms with van der Waals surface area (Å²) >= 11 is 0. The van der Waals surface area contributed by atoms with Gasteiger partial charge >= 0.3 is 0 Å². The summed E-state index contributed by atoms with van der Waals surface area (Å²) in [7, 11) is 2.01. The second-order valence-electron chi connectivity index (χ2n) is 11.1. The number of morpholine rings is 1. The minimum atomic E-state index is -2.83. The van der Waals surface area contributed by atoms with Crippen LogP contribution in [0.15, 0.2) is 24.5 Å². The third kappa shape index (κ3) is 6.40. The summed E-state index contributed by atoms with van der Waals surface area (Å²) < 4.78 is 48.8. The second kappa shape index (κ2) is 12.2. The molecule has 4 atom stereocenters. The van der Waals surface area contributed by atoms with Gasteiger partial charge in [-0.1, -0.05) is 0 Å². The standard InChI is InChI=1S/C28H36F3N7O3/c1-16-14-37(5-4-36(16)3)24-10-22(29)19(18-11-33-28(34-12-18)38-6-7-41-17(2)15-38)8-23(24)35-27(40)21-13-32-25(39)9-20(21)26(30)31/h8,10-12,16-17,20-21,26H,4-7,9,13-15H2,1-3H3,(H,32,39)(H,35,40)/t16-,17-,20?,21?/m0/s1. The zero-order chi connectivity index (χ0) is 29.3. The molecule has 1 aromatic heterocycles. The number of halogens is 3. The van der Waals surface area contributed by atoms with E-state index in [-0.39, 0.29) is 24.3 Å². The maximum Gasteiger partial charge on any atom is 0.242 e. The molecule has 222 valence electrons. The van der Waals surface area contributed by atoms with Crippen molar-refractivity contribution >= 4 is 29.1 Å². The van der Waals surface area contributed by atoms with Gasteiger partial charge in [-0.05, 0) is 33.0 Å². The third-order valence-corrected chi connectivity index (χ3v) is 8.23. The van der Waals surface area contributed by atoms with Crippen LogP contribution in [0.5, 0.6) is 0 Å². The number of amides is 2. The number of anilines is 3. The number of benzene rings is 1. The molecule has 3 aliphatic rings. The van der Waals surface area contributed by atoms with E-state index in [0.29, 0.717) is 55.7 Å². The van der Waals surface area contributed by atoms with E-state index in [9.17, 15) is 18.4 Å². The van der Waals surface area contributed by atoms with Crippen molar-refractivity contribution in [3.8, 4) is 11.1 Å². The average Bonchev–Trinajstić information content (AvgIpc) is 2.95. The van der Waals surface area contributed by atoms with E-state index in [4.69, 9.17) is 4.74 Å². The first-order valence-corrected chi connectivity index (χ1v) is 13.9. The Balaban J connectivity index is 1.46. The number of aromatic nitrogens is 2. The molecule has 2 amide bonds. The summed E-state index contributed by atoms with van der Waals surface area (Å²) in [6, 6.07) is 3.06. The van der Waals surface area contributed by atoms with Gasteiger partial charge in [-0.3, -0.25) is 9.59 Å². The van der Waals surface area contributed by atoms with Crippen LogP contribution in [0.25, 0.3) is 11.1 Å². The van der Waals surface area contributed by atoms with E-state index in [1.165, 1.54) is 24.5 Å². The molecule has 3 saturated heterocycles. The number of ether oxygens (including phenoxy) is 1. The maximum atomic E-state index is 15.7. The SMILES string of the molecule is C[C@H]1CN(c2ncc(-c3cc(NC(=O)C4CNC(=O)CC4C(F)F)c(N4CCN(C)[C@@H](C)C4)cc3F)cn2)CCO1. The summed E-state index contributed by atoms with van der Waals surface area (Å²) in [5.74, 6) is -3.69. The lowest BCUT2D eigenvalue weighted by atomic mass is 9.85. The molecule has 2 N–H and O–H groups in total. The zero-order valence-electron chi connectivity index (χ0n) is 23.4. The normalized spacial score (nSPS) is 25.8. The summed E-state index contributed by atoms with van der Waals surface area (Å²) in [6.07, 6.45) is -0.147. The lowest BCUT2D eigenvalue weighted by Crippen LogP contribution is -2.50. The average molecular weight is 576 g/mol. The molecule has 0 radical (unpaired) electrons. The lowest BCUT2D eigenvalue weighted by molar-refractivity contribution is -0.133. The number of carbonyl (C=O) groups excluding carboxylic acids is 2. The maximum absolute atomic E-state index is 15.7. The Bertz CT molecular complexity index is 1270. The lowest BCUT2D eigenvalue weighted by Gasteiger charge is -2.40. The van der Waals surface area contributed by atoms with E-state index < -0.39 is 42.3 Å². The van der Waals surface area contributed by atoms with Crippen LogP contribution in [0.2, 0.25) is 0 Å². The Hall–Kier alpha value is -3.45. The summed E-state index contributed by atoms with van der Waals surface area (Å²) in [5, 5.41) is 5.32. The number of carbonyl (C=O) groups is 2. The Labute approximate surface area is 237 Å². The molecule has 0 spiro atoms. The Morgan fingerprint density at radius 3 is 2.56 bits per heavy atom. The van der Waals surface area contributed by atoms with Crippen LogP contribution >= 0.6 is 0 Å². The number of likely N-dealkylation sites (N-methyl/N-ethyl adjacent to an activating group) is 1. The van der Waals surface area contributed by atoms with Crippen molar-refractivity contribution in [3.63, 3.8) is 0 Å². The Morgan fingerprint density at radius 1 is 1.12 bits per heavy atom. The highest BCUT2D eigenvalue weighted by Crippen LogP contribution is 2.36. The van der Waals surface area contributed by atoms with Gasteiger partial charge in [0, 0.05) is 81.2 Å². The minimum absolute atomic E-state index is 0.0441. The molecule has 0 saturated carbocycles. The number of piperidine rings is 1. The summed E-state index contributed by atoms with van der Waals surface area (Å²) in [6.45, 7) is 7.61. The molecule has 3 aliphatic heterocycles. The van der Waals surface area contributed by atoms with Crippen molar-refractivity contribution in [2.75, 3.05) is 68.0 Å². The van der Waals surface area contributed by atoms with E-state index in [1.54, 1.807) is 0 Å². The first kappa shape index (κ1) is 29.1. The molecular weight excluding hydrogens is 539 g/mol. The molecule has 4 heterocycles. The van der Waals surface area contributed by atoms with Crippen molar-refractivity contribution in [1.82, 2.24) is 20.2 Å². The molecule has 13 heteroatoms. The van der Waals surface area contributed by atoms with Gasteiger partial charge < -0.3 is 30.1 Å². The first-order chi connectivity index (χ1) is 19.6. The predicted molar refractivity (Wildman–Crippen MR) is 149 cm³/mol. The summed E-state index contributed by atoms with van der Waals surface area (Å²) in [5.41, 5.74) is 1.36. The fraction of sp³-hybridized carbons (Fsp3) is 0.571. The van der Waals surface area contributed by atoms with Crippen LogP contribution < -0.4 is 20.4 Å². The van der Waals surface area contributed by atoms with Gasteiger partial charge in [0.05, 0.1) is 30.0 Å². The monoisotopic (exact) mass is 575 g/mol. The molecule has 10 nitrogen and oxygen atoms in total. The van der Waals surface area contributed by atoms with Gasteiger partial charge in [-0.2, -0.15) is 0 Å². The van der Waals surface area contributed by atoms with E-state index in [0.717, 1.165) is 6.54 Å². The van der Waals surface area contributed by atoms with E-state index in [1.807, 2.05) is 23.8 Å². The zero-order valence-corrected chi connectivity index (χ0v) is 23.4. The Morgan fingerprint density at radius 2 is 1.88 bits per heavy atom. The topological polar surface area (TPSA) is 103 Å². The highest BCUT2D eigenvalue weighted by molar-refractivity contribution is 5.98. The Kier molecular flexibility index (Phi) is 8.64. The first-order valence-electron chi connectivity index (χ1n) is 13.9. The minimum Gasteiger partial charge on any atom is -0.375 e. The van der Waals surface area contributed by atoms with E-state index in [2.05, 4.69) is 32.4 Å². The fourth-order valence-corrected chi connectivity index (χ4v) is 5.62. The van der Waals surface area contributed by atoms with E-state index >= 15 is 4.39 Å². The van der Waals surface area contributed by atoms with Crippen molar-refractivity contribution in [2.24, 2.45) is 11.8 Å².